The number of hydrogen-bond donors (Lipinski definition) is 1. The molecule has 0 amide bonds. The minimum absolute atomic E-state index is 0.565. The maximum Gasteiger partial charge on any atom is 0.492 e. The molecular weight excluding hydrogens is 223 g/mol. The summed E-state index contributed by atoms with van der Waals surface area (Å²) < 4.78 is 5.36. The highest BCUT2D eigenvalue weighted by Crippen LogP contribution is 2.19. The summed E-state index contributed by atoms with van der Waals surface area (Å²) in [4.78, 5) is 0. The van der Waals surface area contributed by atoms with E-state index >= 15 is 0 Å². The van der Waals surface area contributed by atoms with Gasteiger partial charge in [-0.15, -0.1) is 0 Å². The van der Waals surface area contributed by atoms with Gasteiger partial charge >= 0.3 is 7.12 Å². The predicted octanol–water partition coefficient (Wildman–Crippen LogP) is 2.59. The van der Waals surface area contributed by atoms with Crippen molar-refractivity contribution in [3.05, 3.63) is 28.8 Å². The molecule has 0 atom stereocenters. The van der Waals surface area contributed by atoms with Crippen LogP contribution in [0.25, 0.3) is 0 Å². The van der Waals surface area contributed by atoms with Crippen molar-refractivity contribution in [2.24, 2.45) is 0 Å². The molecule has 1 heterocycles. The molecule has 0 fully saturated rings. The Kier molecular flexibility index (Phi) is 4.84. The topological polar surface area (TPSA) is 29.5 Å². The van der Waals surface area contributed by atoms with Crippen molar-refractivity contribution in [3.8, 4) is 0 Å². The van der Waals surface area contributed by atoms with Crippen LogP contribution in [-0.2, 0) is 24.1 Å². The molecule has 0 radical (unpaired) electrons. The van der Waals surface area contributed by atoms with Gasteiger partial charge in [-0.05, 0) is 47.8 Å². The summed E-state index contributed by atoms with van der Waals surface area (Å²) in [5.74, 6) is 0. The van der Waals surface area contributed by atoms with Crippen molar-refractivity contribution in [2.75, 3.05) is 0 Å². The molecule has 18 heavy (non-hydrogen) atoms. The Bertz CT molecular complexity index is 404. The maximum absolute atomic E-state index is 9.91. The lowest BCUT2D eigenvalue weighted by Gasteiger charge is -2.11. The van der Waals surface area contributed by atoms with Crippen LogP contribution in [0.2, 0.25) is 0 Å². The van der Waals surface area contributed by atoms with E-state index in [0.29, 0.717) is 6.61 Å². The lowest BCUT2D eigenvalue weighted by molar-refractivity contribution is 0.275. The number of rotatable bonds is 6. The molecule has 0 bridgehead atoms. The molecule has 0 aliphatic carbocycles. The quantitative estimate of drug-likeness (QED) is 0.782. The van der Waals surface area contributed by atoms with E-state index < -0.39 is 7.12 Å². The second-order valence-electron chi connectivity index (χ2n) is 5.20. The van der Waals surface area contributed by atoms with E-state index in [1.807, 2.05) is 0 Å². The molecule has 0 unspecified atom stereocenters. The van der Waals surface area contributed by atoms with Crippen molar-refractivity contribution in [1.82, 2.24) is 0 Å². The highest BCUT2D eigenvalue weighted by Gasteiger charge is 2.30. The van der Waals surface area contributed by atoms with Crippen LogP contribution >= 0.6 is 0 Å². The Morgan fingerprint density at radius 3 is 2.61 bits per heavy atom. The van der Waals surface area contributed by atoms with Crippen LogP contribution in [0.3, 0.4) is 0 Å². The van der Waals surface area contributed by atoms with Crippen molar-refractivity contribution in [3.63, 3.8) is 0 Å². The van der Waals surface area contributed by atoms with Gasteiger partial charge in [0.25, 0.3) is 0 Å². The fourth-order valence-corrected chi connectivity index (χ4v) is 2.64. The first-order valence-corrected chi connectivity index (χ1v) is 7.20. The van der Waals surface area contributed by atoms with E-state index in [1.165, 1.54) is 42.4 Å². The van der Waals surface area contributed by atoms with E-state index in [4.69, 9.17) is 4.65 Å². The fourth-order valence-electron chi connectivity index (χ4n) is 2.64. The number of unbranched alkanes of at least 4 members (excludes halogenated alkanes) is 2. The summed E-state index contributed by atoms with van der Waals surface area (Å²) in [5, 5.41) is 9.91. The first-order valence-electron chi connectivity index (χ1n) is 7.20. The molecule has 0 aromatic heterocycles. The smallest absolute Gasteiger partial charge is 0.423 e. The van der Waals surface area contributed by atoms with Gasteiger partial charge in [-0.25, -0.2) is 0 Å². The van der Waals surface area contributed by atoms with Gasteiger partial charge in [-0.2, -0.15) is 0 Å². The van der Waals surface area contributed by atoms with Crippen LogP contribution in [0.4, 0.5) is 0 Å². The number of benzene rings is 1. The summed E-state index contributed by atoms with van der Waals surface area (Å²) in [6.45, 7) is 4.99. The average molecular weight is 246 g/mol. The van der Waals surface area contributed by atoms with Crippen LogP contribution in [0.5, 0.6) is 0 Å². The number of hydrogen-bond acceptors (Lipinski definition) is 2. The zero-order chi connectivity index (χ0) is 13.0. The summed E-state index contributed by atoms with van der Waals surface area (Å²) >= 11 is 0. The second kappa shape index (κ2) is 6.39. The molecule has 98 valence electrons. The Labute approximate surface area is 111 Å². The minimum atomic E-state index is -0.702. The van der Waals surface area contributed by atoms with E-state index in [1.54, 1.807) is 0 Å². The second-order valence-corrected chi connectivity index (χ2v) is 5.20. The maximum atomic E-state index is 9.91. The number of fused-ring (bicyclic) bond motifs is 1. The van der Waals surface area contributed by atoms with Crippen LogP contribution in [-0.4, -0.2) is 12.1 Å². The molecule has 0 saturated heterocycles. The molecule has 1 N–H and O–H groups in total. The highest BCUT2D eigenvalue weighted by atomic mass is 16.5. The van der Waals surface area contributed by atoms with E-state index in [2.05, 4.69) is 26.0 Å². The first-order chi connectivity index (χ1) is 8.76. The van der Waals surface area contributed by atoms with Crippen molar-refractivity contribution < 1.29 is 9.68 Å². The van der Waals surface area contributed by atoms with Gasteiger partial charge < -0.3 is 9.68 Å². The van der Waals surface area contributed by atoms with Crippen LogP contribution in [0.15, 0.2) is 12.1 Å². The van der Waals surface area contributed by atoms with Crippen LogP contribution in [0, 0.1) is 0 Å². The Hall–Kier alpha value is -0.795. The van der Waals surface area contributed by atoms with E-state index in [-0.39, 0.29) is 0 Å². The molecule has 1 aromatic carbocycles. The third-order valence-electron chi connectivity index (χ3n) is 3.67. The van der Waals surface area contributed by atoms with Crippen LogP contribution in [0.1, 0.15) is 56.2 Å². The number of aryl methyl sites for hydroxylation is 2. The summed E-state index contributed by atoms with van der Waals surface area (Å²) in [7, 11) is -0.702. The molecule has 1 aliphatic heterocycles. The molecule has 2 rings (SSSR count). The van der Waals surface area contributed by atoms with Crippen molar-refractivity contribution in [1.29, 1.82) is 0 Å². The van der Waals surface area contributed by atoms with Gasteiger partial charge in [0.1, 0.15) is 0 Å². The average Bonchev–Trinajstić information content (AvgIpc) is 2.75. The van der Waals surface area contributed by atoms with Crippen molar-refractivity contribution in [2.45, 2.75) is 59.0 Å². The summed E-state index contributed by atoms with van der Waals surface area (Å²) in [6, 6.07) is 4.50. The Morgan fingerprint density at radius 1 is 1.17 bits per heavy atom. The third kappa shape index (κ3) is 2.96. The van der Waals surface area contributed by atoms with Gasteiger partial charge in [0.05, 0.1) is 6.61 Å². The molecular formula is C15H23BO2. The largest absolute Gasteiger partial charge is 0.492 e. The van der Waals surface area contributed by atoms with Gasteiger partial charge in [0.15, 0.2) is 0 Å². The molecule has 1 aromatic rings. The standard InChI is InChI=1S/C15H23BO2/c1-3-5-7-12-9-13(8-6-4-2)15-14(10-12)11-18-16(15)17/h9-10,17H,3-8,11H2,1-2H3. The Morgan fingerprint density at radius 2 is 1.89 bits per heavy atom. The van der Waals surface area contributed by atoms with Crippen LogP contribution < -0.4 is 5.46 Å². The van der Waals surface area contributed by atoms with Gasteiger partial charge in [-0.1, -0.05) is 38.8 Å². The van der Waals surface area contributed by atoms with Crippen molar-refractivity contribution >= 4 is 12.6 Å². The first kappa shape index (κ1) is 13.6. The predicted molar refractivity (Wildman–Crippen MR) is 76.1 cm³/mol. The minimum Gasteiger partial charge on any atom is -0.423 e. The van der Waals surface area contributed by atoms with Gasteiger partial charge in [0, 0.05) is 0 Å². The summed E-state index contributed by atoms with van der Waals surface area (Å²) in [5.41, 5.74) is 4.94. The van der Waals surface area contributed by atoms with E-state index in [9.17, 15) is 5.02 Å². The zero-order valence-electron chi connectivity index (χ0n) is 11.5. The molecule has 0 saturated carbocycles. The monoisotopic (exact) mass is 246 g/mol. The lowest BCUT2D eigenvalue weighted by atomic mass is 9.74. The lowest BCUT2D eigenvalue weighted by Crippen LogP contribution is -2.31. The zero-order valence-corrected chi connectivity index (χ0v) is 11.5. The van der Waals surface area contributed by atoms with Gasteiger partial charge in [0.2, 0.25) is 0 Å². The van der Waals surface area contributed by atoms with Gasteiger partial charge in [-0.3, -0.25) is 0 Å². The third-order valence-corrected chi connectivity index (χ3v) is 3.67. The Balaban J connectivity index is 2.26. The molecule has 1 aliphatic rings. The molecule has 0 spiro atoms. The molecule has 3 heteroatoms. The SMILES string of the molecule is CCCCc1cc(CCCC)c2c(c1)COB2O. The fraction of sp³-hybridized carbons (Fsp3) is 0.600. The summed E-state index contributed by atoms with van der Waals surface area (Å²) in [6.07, 6.45) is 7.01. The normalized spacial score (nSPS) is 14.1. The van der Waals surface area contributed by atoms with E-state index in [0.717, 1.165) is 18.3 Å². The highest BCUT2D eigenvalue weighted by molar-refractivity contribution is 6.62. The molecule has 2 nitrogen and oxygen atoms in total.